The van der Waals surface area contributed by atoms with Crippen LogP contribution in [0.4, 0.5) is 13.6 Å². The summed E-state index contributed by atoms with van der Waals surface area (Å²) < 4.78 is 28.5. The smallest absolute Gasteiger partial charge is 0.407 e. The molecular weight excluding hydrogens is 198 g/mol. The SMILES string of the molecule is O=C1NCC2(CC2NC(=O)C(F)F)O1. The van der Waals surface area contributed by atoms with Crippen molar-refractivity contribution in [1.82, 2.24) is 10.6 Å². The van der Waals surface area contributed by atoms with E-state index in [1.165, 1.54) is 0 Å². The zero-order valence-electron chi connectivity index (χ0n) is 7.05. The standard InChI is InChI=1S/C7H8F2N2O3/c8-4(9)5(12)11-3-1-7(3)2-10-6(13)14-7/h3-4H,1-2H2,(H,10,13)(H,11,12). The lowest BCUT2D eigenvalue weighted by Gasteiger charge is -2.07. The van der Waals surface area contributed by atoms with Crippen LogP contribution in [0.25, 0.3) is 0 Å². The number of alkyl halides is 2. The van der Waals surface area contributed by atoms with Gasteiger partial charge in [0.2, 0.25) is 0 Å². The van der Waals surface area contributed by atoms with E-state index in [1.54, 1.807) is 0 Å². The molecule has 2 rings (SSSR count). The molecule has 2 fully saturated rings. The largest absolute Gasteiger partial charge is 0.439 e. The predicted octanol–water partition coefficient (Wildman–Crippen LogP) is -0.381. The number of carbonyl (C=O) groups is 2. The van der Waals surface area contributed by atoms with Crippen LogP contribution < -0.4 is 10.6 Å². The number of hydrogen-bond acceptors (Lipinski definition) is 3. The summed E-state index contributed by atoms with van der Waals surface area (Å²) in [6, 6.07) is -0.483. The van der Waals surface area contributed by atoms with Gasteiger partial charge in [0, 0.05) is 6.42 Å². The number of nitrogens with one attached hydrogen (secondary N) is 2. The topological polar surface area (TPSA) is 67.4 Å². The molecule has 2 atom stereocenters. The molecule has 1 saturated heterocycles. The first kappa shape index (κ1) is 9.17. The van der Waals surface area contributed by atoms with Gasteiger partial charge in [0.1, 0.15) is 0 Å². The molecule has 7 heteroatoms. The fourth-order valence-corrected chi connectivity index (χ4v) is 1.49. The molecule has 0 bridgehead atoms. The van der Waals surface area contributed by atoms with Gasteiger partial charge in [-0.05, 0) is 0 Å². The summed E-state index contributed by atoms with van der Waals surface area (Å²) in [6.45, 7) is 0.264. The van der Waals surface area contributed by atoms with Crippen LogP contribution >= 0.6 is 0 Å². The Morgan fingerprint density at radius 3 is 2.93 bits per heavy atom. The number of alkyl carbamates (subject to hydrolysis) is 1. The van der Waals surface area contributed by atoms with E-state index in [0.717, 1.165) is 0 Å². The summed E-state index contributed by atoms with van der Waals surface area (Å²) >= 11 is 0. The lowest BCUT2D eigenvalue weighted by atomic mass is 10.3. The van der Waals surface area contributed by atoms with Crippen LogP contribution in [-0.4, -0.2) is 36.6 Å². The highest BCUT2D eigenvalue weighted by molar-refractivity contribution is 5.80. The molecule has 2 unspecified atom stereocenters. The van der Waals surface area contributed by atoms with Crippen molar-refractivity contribution in [3.63, 3.8) is 0 Å². The second-order valence-electron chi connectivity index (χ2n) is 3.37. The van der Waals surface area contributed by atoms with Crippen molar-refractivity contribution in [2.45, 2.75) is 24.5 Å². The van der Waals surface area contributed by atoms with Gasteiger partial charge in [0.05, 0.1) is 12.6 Å². The van der Waals surface area contributed by atoms with Crippen molar-refractivity contribution in [3.8, 4) is 0 Å². The van der Waals surface area contributed by atoms with E-state index < -0.39 is 30.1 Å². The third-order valence-electron chi connectivity index (χ3n) is 2.37. The molecule has 0 aromatic heterocycles. The van der Waals surface area contributed by atoms with Crippen LogP contribution in [0.3, 0.4) is 0 Å². The maximum atomic E-state index is 11.8. The summed E-state index contributed by atoms with van der Waals surface area (Å²) in [5, 5.41) is 4.51. The van der Waals surface area contributed by atoms with Crippen LogP contribution in [0.1, 0.15) is 6.42 Å². The highest BCUT2D eigenvalue weighted by Gasteiger charge is 2.62. The van der Waals surface area contributed by atoms with E-state index in [2.05, 4.69) is 10.6 Å². The third kappa shape index (κ3) is 1.38. The van der Waals surface area contributed by atoms with Crippen LogP contribution in [-0.2, 0) is 9.53 Å². The molecule has 5 nitrogen and oxygen atoms in total. The maximum Gasteiger partial charge on any atom is 0.407 e. The maximum absolute atomic E-state index is 11.8. The van der Waals surface area contributed by atoms with Crippen LogP contribution in [0.5, 0.6) is 0 Å². The van der Waals surface area contributed by atoms with E-state index in [0.29, 0.717) is 6.42 Å². The van der Waals surface area contributed by atoms with Gasteiger partial charge >= 0.3 is 12.5 Å². The molecule has 2 amide bonds. The lowest BCUT2D eigenvalue weighted by Crippen LogP contribution is -2.37. The first-order valence-corrected chi connectivity index (χ1v) is 4.09. The average molecular weight is 206 g/mol. The quantitative estimate of drug-likeness (QED) is 0.647. The van der Waals surface area contributed by atoms with Gasteiger partial charge in [-0.1, -0.05) is 0 Å². The minimum Gasteiger partial charge on any atom is -0.439 e. The van der Waals surface area contributed by atoms with Crippen molar-refractivity contribution in [1.29, 1.82) is 0 Å². The van der Waals surface area contributed by atoms with E-state index >= 15 is 0 Å². The van der Waals surface area contributed by atoms with Gasteiger partial charge < -0.3 is 15.4 Å². The molecule has 1 spiro atoms. The van der Waals surface area contributed by atoms with Gasteiger partial charge in [-0.3, -0.25) is 4.79 Å². The zero-order chi connectivity index (χ0) is 10.3. The van der Waals surface area contributed by atoms with E-state index in [4.69, 9.17) is 4.74 Å². The van der Waals surface area contributed by atoms with E-state index in [1.807, 2.05) is 0 Å². The Morgan fingerprint density at radius 1 is 1.71 bits per heavy atom. The minimum atomic E-state index is -3.03. The van der Waals surface area contributed by atoms with Gasteiger partial charge in [0.25, 0.3) is 5.91 Å². The number of amides is 2. The Balaban J connectivity index is 1.87. The van der Waals surface area contributed by atoms with Crippen molar-refractivity contribution in [2.24, 2.45) is 0 Å². The molecule has 0 aromatic rings. The summed E-state index contributed by atoms with van der Waals surface area (Å²) in [5.41, 5.74) is -0.776. The van der Waals surface area contributed by atoms with Gasteiger partial charge in [0.15, 0.2) is 5.60 Å². The molecule has 0 aromatic carbocycles. The van der Waals surface area contributed by atoms with E-state index in [9.17, 15) is 18.4 Å². The normalized spacial score (nSPS) is 34.2. The van der Waals surface area contributed by atoms with Gasteiger partial charge in [-0.15, -0.1) is 0 Å². The van der Waals surface area contributed by atoms with Crippen molar-refractivity contribution in [3.05, 3.63) is 0 Å². The van der Waals surface area contributed by atoms with Crippen molar-refractivity contribution >= 4 is 12.0 Å². The number of rotatable bonds is 2. The molecule has 14 heavy (non-hydrogen) atoms. The van der Waals surface area contributed by atoms with Crippen molar-refractivity contribution < 1.29 is 23.1 Å². The van der Waals surface area contributed by atoms with E-state index in [-0.39, 0.29) is 6.54 Å². The highest BCUT2D eigenvalue weighted by Crippen LogP contribution is 2.42. The summed E-state index contributed by atoms with van der Waals surface area (Å²) in [4.78, 5) is 21.3. The summed E-state index contributed by atoms with van der Waals surface area (Å²) in [7, 11) is 0. The molecule has 1 heterocycles. The summed E-state index contributed by atoms with van der Waals surface area (Å²) in [6.07, 6.45) is -3.21. The fraction of sp³-hybridized carbons (Fsp3) is 0.714. The molecule has 78 valence electrons. The third-order valence-corrected chi connectivity index (χ3v) is 2.37. The molecular formula is C7H8F2N2O3. The minimum absolute atomic E-state index is 0.264. The Hall–Kier alpha value is -1.40. The fourth-order valence-electron chi connectivity index (χ4n) is 1.49. The van der Waals surface area contributed by atoms with Crippen LogP contribution in [0.15, 0.2) is 0 Å². The first-order chi connectivity index (χ1) is 6.53. The molecule has 1 aliphatic carbocycles. The number of halogens is 2. The monoisotopic (exact) mass is 206 g/mol. The van der Waals surface area contributed by atoms with Gasteiger partial charge in [-0.2, -0.15) is 8.78 Å². The molecule has 0 radical (unpaired) electrons. The molecule has 1 aliphatic heterocycles. The Morgan fingerprint density at radius 2 is 2.43 bits per heavy atom. The second-order valence-corrected chi connectivity index (χ2v) is 3.37. The van der Waals surface area contributed by atoms with Crippen molar-refractivity contribution in [2.75, 3.05) is 6.54 Å². The Labute approximate surface area is 77.8 Å². The van der Waals surface area contributed by atoms with Crippen LogP contribution in [0.2, 0.25) is 0 Å². The number of carbonyl (C=O) groups excluding carboxylic acids is 2. The van der Waals surface area contributed by atoms with Crippen LogP contribution in [0, 0.1) is 0 Å². The van der Waals surface area contributed by atoms with Gasteiger partial charge in [-0.25, -0.2) is 4.79 Å². The highest BCUT2D eigenvalue weighted by atomic mass is 19.3. The number of hydrogen-bond donors (Lipinski definition) is 2. The zero-order valence-corrected chi connectivity index (χ0v) is 7.05. The second kappa shape index (κ2) is 2.79. The molecule has 2 N–H and O–H groups in total. The Kier molecular flexibility index (Phi) is 1.83. The molecule has 1 saturated carbocycles. The number of ether oxygens (including phenoxy) is 1. The Bertz CT molecular complexity index is 297. The average Bonchev–Trinajstić information content (AvgIpc) is 2.60. The first-order valence-electron chi connectivity index (χ1n) is 4.09. The summed E-state index contributed by atoms with van der Waals surface area (Å²) in [5.74, 6) is -1.32. The lowest BCUT2D eigenvalue weighted by molar-refractivity contribution is -0.132. The molecule has 2 aliphatic rings. The predicted molar refractivity (Wildman–Crippen MR) is 39.8 cm³/mol.